The van der Waals surface area contributed by atoms with Gasteiger partial charge in [-0.1, -0.05) is 23.8 Å². The van der Waals surface area contributed by atoms with Crippen LogP contribution in [0, 0.1) is 6.92 Å². The minimum Gasteiger partial charge on any atom is -0.490 e. The van der Waals surface area contributed by atoms with Crippen molar-refractivity contribution >= 4 is 23.6 Å². The number of fused-ring (bicyclic) bond motifs is 1. The molecule has 0 saturated carbocycles. The van der Waals surface area contributed by atoms with Crippen LogP contribution in [0.3, 0.4) is 0 Å². The Labute approximate surface area is 164 Å². The van der Waals surface area contributed by atoms with E-state index in [-0.39, 0.29) is 18.4 Å². The van der Waals surface area contributed by atoms with E-state index in [1.807, 2.05) is 49.4 Å². The number of rotatable bonds is 5. The van der Waals surface area contributed by atoms with Crippen LogP contribution in [0.2, 0.25) is 0 Å². The lowest BCUT2D eigenvalue weighted by molar-refractivity contribution is -0.129. The number of aryl methyl sites for hydroxylation is 1. The second kappa shape index (κ2) is 9.08. The summed E-state index contributed by atoms with van der Waals surface area (Å²) in [6, 6.07) is 13.0. The number of carbonyl (C=O) groups is 2. The van der Waals surface area contributed by atoms with E-state index in [1.54, 1.807) is 13.1 Å². The van der Waals surface area contributed by atoms with Crippen LogP contribution in [0.25, 0.3) is 6.08 Å². The minimum absolute atomic E-state index is 0.0296. The molecule has 2 aromatic rings. The van der Waals surface area contributed by atoms with Gasteiger partial charge in [-0.25, -0.2) is 0 Å². The van der Waals surface area contributed by atoms with Gasteiger partial charge in [0.15, 0.2) is 11.5 Å². The molecule has 0 radical (unpaired) electrons. The number of likely N-dealkylation sites (N-methyl/N-ethyl adjacent to an activating group) is 1. The number of anilines is 1. The number of nitrogens with one attached hydrogen (secondary N) is 1. The summed E-state index contributed by atoms with van der Waals surface area (Å²) in [6.45, 7) is 3.19. The molecule has 0 aliphatic carbocycles. The molecule has 3 rings (SSSR count). The molecular weight excluding hydrogens is 356 g/mol. The third-order valence-corrected chi connectivity index (χ3v) is 4.28. The Morgan fingerprint density at radius 2 is 1.79 bits per heavy atom. The quantitative estimate of drug-likeness (QED) is 0.809. The smallest absolute Gasteiger partial charge is 0.246 e. The van der Waals surface area contributed by atoms with E-state index in [9.17, 15) is 9.59 Å². The van der Waals surface area contributed by atoms with Gasteiger partial charge in [0.2, 0.25) is 11.8 Å². The predicted octanol–water partition coefficient (Wildman–Crippen LogP) is 3.27. The lowest BCUT2D eigenvalue weighted by Gasteiger charge is -2.15. The van der Waals surface area contributed by atoms with E-state index in [0.29, 0.717) is 30.4 Å². The van der Waals surface area contributed by atoms with Crippen molar-refractivity contribution in [3.05, 3.63) is 59.7 Å². The van der Waals surface area contributed by atoms with Crippen LogP contribution >= 0.6 is 0 Å². The summed E-state index contributed by atoms with van der Waals surface area (Å²) in [6.07, 6.45) is 3.98. The third kappa shape index (κ3) is 5.36. The first-order valence-electron chi connectivity index (χ1n) is 9.20. The summed E-state index contributed by atoms with van der Waals surface area (Å²) in [5.41, 5.74) is 2.65. The highest BCUT2D eigenvalue weighted by atomic mass is 16.5. The summed E-state index contributed by atoms with van der Waals surface area (Å²) in [4.78, 5) is 25.8. The summed E-state index contributed by atoms with van der Waals surface area (Å²) in [5.74, 6) is 0.888. The molecule has 0 unspecified atom stereocenters. The Morgan fingerprint density at radius 1 is 1.07 bits per heavy atom. The Hall–Kier alpha value is -3.28. The molecule has 0 atom stereocenters. The van der Waals surface area contributed by atoms with Crippen LogP contribution in [0.15, 0.2) is 48.5 Å². The Balaban J connectivity index is 1.55. The molecule has 0 saturated heterocycles. The monoisotopic (exact) mass is 380 g/mol. The topological polar surface area (TPSA) is 67.9 Å². The molecule has 0 fully saturated rings. The minimum atomic E-state index is -0.258. The number of benzene rings is 2. The van der Waals surface area contributed by atoms with Gasteiger partial charge < -0.3 is 19.7 Å². The fraction of sp³-hybridized carbons (Fsp3) is 0.273. The van der Waals surface area contributed by atoms with Gasteiger partial charge in [0, 0.05) is 25.2 Å². The number of amides is 2. The van der Waals surface area contributed by atoms with Crippen molar-refractivity contribution in [2.45, 2.75) is 13.3 Å². The largest absolute Gasteiger partial charge is 0.490 e. The molecule has 28 heavy (non-hydrogen) atoms. The van der Waals surface area contributed by atoms with Crippen LogP contribution < -0.4 is 14.8 Å². The van der Waals surface area contributed by atoms with E-state index in [2.05, 4.69) is 5.32 Å². The molecule has 0 aromatic heterocycles. The van der Waals surface area contributed by atoms with Crippen molar-refractivity contribution in [2.75, 3.05) is 32.1 Å². The van der Waals surface area contributed by atoms with E-state index in [4.69, 9.17) is 9.47 Å². The summed E-state index contributed by atoms with van der Waals surface area (Å²) >= 11 is 0. The standard InChI is InChI=1S/C22H24N2O4/c1-16-4-8-18(9-5-16)23-21(25)15-24(2)22(26)11-7-17-6-10-19-20(14-17)28-13-3-12-27-19/h4-11,14H,3,12-13,15H2,1-2H3,(H,23,25)/b11-7+. The maximum Gasteiger partial charge on any atom is 0.246 e. The number of hydrogen-bond acceptors (Lipinski definition) is 4. The fourth-order valence-corrected chi connectivity index (χ4v) is 2.71. The Kier molecular flexibility index (Phi) is 6.32. The number of nitrogens with zero attached hydrogens (tertiary/aromatic N) is 1. The molecule has 2 aromatic carbocycles. The van der Waals surface area contributed by atoms with Crippen LogP contribution in [0.4, 0.5) is 5.69 Å². The highest BCUT2D eigenvalue weighted by Gasteiger charge is 2.12. The highest BCUT2D eigenvalue weighted by molar-refractivity contribution is 5.97. The van der Waals surface area contributed by atoms with E-state index >= 15 is 0 Å². The molecule has 1 heterocycles. The van der Waals surface area contributed by atoms with Crippen molar-refractivity contribution in [3.63, 3.8) is 0 Å². The molecule has 2 amide bonds. The Bertz CT molecular complexity index is 875. The third-order valence-electron chi connectivity index (χ3n) is 4.28. The first-order chi connectivity index (χ1) is 13.5. The van der Waals surface area contributed by atoms with Gasteiger partial charge in [-0.15, -0.1) is 0 Å². The van der Waals surface area contributed by atoms with Crippen LogP contribution in [-0.4, -0.2) is 43.5 Å². The van der Waals surface area contributed by atoms with Crippen molar-refractivity contribution < 1.29 is 19.1 Å². The maximum absolute atomic E-state index is 12.3. The van der Waals surface area contributed by atoms with E-state index in [1.165, 1.54) is 11.0 Å². The fourth-order valence-electron chi connectivity index (χ4n) is 2.71. The van der Waals surface area contributed by atoms with Gasteiger partial charge in [-0.2, -0.15) is 0 Å². The van der Waals surface area contributed by atoms with E-state index in [0.717, 1.165) is 17.5 Å². The second-order valence-corrected chi connectivity index (χ2v) is 6.70. The zero-order valence-electron chi connectivity index (χ0n) is 16.1. The molecule has 0 bridgehead atoms. The average molecular weight is 380 g/mol. The zero-order chi connectivity index (χ0) is 19.9. The highest BCUT2D eigenvalue weighted by Crippen LogP contribution is 2.30. The van der Waals surface area contributed by atoms with Crippen LogP contribution in [-0.2, 0) is 9.59 Å². The second-order valence-electron chi connectivity index (χ2n) is 6.70. The zero-order valence-corrected chi connectivity index (χ0v) is 16.1. The molecule has 6 nitrogen and oxygen atoms in total. The molecular formula is C22H24N2O4. The number of hydrogen-bond donors (Lipinski definition) is 1. The molecule has 6 heteroatoms. The average Bonchev–Trinajstić information content (AvgIpc) is 2.92. The normalized spacial score (nSPS) is 13.1. The van der Waals surface area contributed by atoms with Crippen molar-refractivity contribution in [1.29, 1.82) is 0 Å². The van der Waals surface area contributed by atoms with Gasteiger partial charge in [0.1, 0.15) is 0 Å². The maximum atomic E-state index is 12.3. The lowest BCUT2D eigenvalue weighted by Crippen LogP contribution is -2.33. The summed E-state index contributed by atoms with van der Waals surface area (Å²) in [7, 11) is 1.59. The number of carbonyl (C=O) groups excluding carboxylic acids is 2. The van der Waals surface area contributed by atoms with Crippen molar-refractivity contribution in [3.8, 4) is 11.5 Å². The van der Waals surface area contributed by atoms with Crippen LogP contribution in [0.5, 0.6) is 11.5 Å². The molecule has 146 valence electrons. The van der Waals surface area contributed by atoms with Gasteiger partial charge in [-0.3, -0.25) is 9.59 Å². The van der Waals surface area contributed by atoms with Gasteiger partial charge in [0.05, 0.1) is 19.8 Å². The van der Waals surface area contributed by atoms with Gasteiger partial charge >= 0.3 is 0 Å². The first kappa shape index (κ1) is 19.5. The van der Waals surface area contributed by atoms with Crippen LogP contribution in [0.1, 0.15) is 17.5 Å². The summed E-state index contributed by atoms with van der Waals surface area (Å²) in [5, 5.41) is 2.78. The van der Waals surface area contributed by atoms with Crippen molar-refractivity contribution in [2.24, 2.45) is 0 Å². The van der Waals surface area contributed by atoms with Crippen molar-refractivity contribution in [1.82, 2.24) is 4.90 Å². The van der Waals surface area contributed by atoms with Gasteiger partial charge in [-0.05, 0) is 42.8 Å². The SMILES string of the molecule is Cc1ccc(NC(=O)CN(C)C(=O)/C=C/c2ccc3c(c2)OCCCO3)cc1. The predicted molar refractivity (Wildman–Crippen MR) is 109 cm³/mol. The van der Waals surface area contributed by atoms with Gasteiger partial charge in [0.25, 0.3) is 0 Å². The molecule has 1 N–H and O–H groups in total. The molecule has 1 aliphatic rings. The lowest BCUT2D eigenvalue weighted by atomic mass is 10.2. The first-order valence-corrected chi connectivity index (χ1v) is 9.20. The number of ether oxygens (including phenoxy) is 2. The molecule has 0 spiro atoms. The Morgan fingerprint density at radius 3 is 2.54 bits per heavy atom. The van der Waals surface area contributed by atoms with E-state index < -0.39 is 0 Å². The molecule has 1 aliphatic heterocycles. The summed E-state index contributed by atoms with van der Waals surface area (Å²) < 4.78 is 11.3.